The van der Waals surface area contributed by atoms with Crippen molar-refractivity contribution < 1.29 is 9.90 Å². The van der Waals surface area contributed by atoms with Gasteiger partial charge in [0.1, 0.15) is 11.8 Å². The van der Waals surface area contributed by atoms with Gasteiger partial charge in [-0.25, -0.2) is 0 Å². The van der Waals surface area contributed by atoms with Crippen LogP contribution in [0.15, 0.2) is 18.3 Å². The molecular weight excluding hydrogens is 282 g/mol. The topological polar surface area (TPSA) is 87.1 Å². The van der Waals surface area contributed by atoms with Gasteiger partial charge in [0, 0.05) is 19.8 Å². The van der Waals surface area contributed by atoms with Gasteiger partial charge in [-0.3, -0.25) is 9.48 Å². The van der Waals surface area contributed by atoms with Crippen LogP contribution >= 0.6 is 0 Å². The Labute approximate surface area is 128 Å². The van der Waals surface area contributed by atoms with Crippen molar-refractivity contribution in [1.29, 1.82) is 5.26 Å². The summed E-state index contributed by atoms with van der Waals surface area (Å²) in [7, 11) is 1.76. The molecule has 7 heteroatoms. The molecule has 114 valence electrons. The Morgan fingerprint density at radius 1 is 1.45 bits per heavy atom. The molecule has 1 amide bonds. The van der Waals surface area contributed by atoms with E-state index in [9.17, 15) is 9.90 Å². The molecule has 1 aliphatic heterocycles. The molecule has 2 aromatic rings. The van der Waals surface area contributed by atoms with Gasteiger partial charge in [-0.15, -0.1) is 0 Å². The summed E-state index contributed by atoms with van der Waals surface area (Å²) < 4.78 is 3.51. The zero-order valence-electron chi connectivity index (χ0n) is 12.5. The summed E-state index contributed by atoms with van der Waals surface area (Å²) in [5.74, 6) is -0.102. The van der Waals surface area contributed by atoms with Crippen LogP contribution in [0.25, 0.3) is 0 Å². The Bertz CT molecular complexity index is 765. The van der Waals surface area contributed by atoms with E-state index in [4.69, 9.17) is 5.26 Å². The van der Waals surface area contributed by atoms with Gasteiger partial charge in [0.05, 0.1) is 36.1 Å². The number of aryl methyl sites for hydroxylation is 1. The molecule has 1 atom stereocenters. The minimum Gasteiger partial charge on any atom is -0.387 e. The maximum absolute atomic E-state index is 12.6. The summed E-state index contributed by atoms with van der Waals surface area (Å²) >= 11 is 0. The molecule has 7 nitrogen and oxygen atoms in total. The number of nitrogens with zero attached hydrogens (tertiary/aromatic N) is 5. The first-order valence-electron chi connectivity index (χ1n) is 7.10. The maximum atomic E-state index is 12.6. The minimum absolute atomic E-state index is 0.102. The van der Waals surface area contributed by atoms with Crippen molar-refractivity contribution in [3.05, 3.63) is 41.0 Å². The predicted octanol–water partition coefficient (Wildman–Crippen LogP) is 0.803. The van der Waals surface area contributed by atoms with Crippen molar-refractivity contribution in [3.63, 3.8) is 0 Å². The summed E-state index contributed by atoms with van der Waals surface area (Å²) in [6, 6.07) is 5.48. The van der Waals surface area contributed by atoms with Gasteiger partial charge in [0.15, 0.2) is 0 Å². The number of hydrogen-bond acceptors (Lipinski definition) is 4. The number of nitriles is 1. The first-order chi connectivity index (χ1) is 10.5. The van der Waals surface area contributed by atoms with Gasteiger partial charge in [-0.1, -0.05) is 0 Å². The number of aliphatic hydroxyl groups excluding tert-OH is 1. The van der Waals surface area contributed by atoms with E-state index in [1.54, 1.807) is 35.7 Å². The molecule has 0 bridgehead atoms. The molecule has 0 saturated heterocycles. The smallest absolute Gasteiger partial charge is 0.270 e. The van der Waals surface area contributed by atoms with Gasteiger partial charge in [-0.05, 0) is 19.1 Å². The number of aliphatic hydroxyl groups is 1. The summed E-state index contributed by atoms with van der Waals surface area (Å²) in [5, 5.41) is 22.9. The largest absolute Gasteiger partial charge is 0.387 e. The normalized spacial score (nSPS) is 15.3. The Hall–Kier alpha value is -2.59. The van der Waals surface area contributed by atoms with Crippen LogP contribution in [0.5, 0.6) is 0 Å². The third-order valence-corrected chi connectivity index (χ3v) is 3.89. The van der Waals surface area contributed by atoms with Crippen LogP contribution < -0.4 is 0 Å². The Kier molecular flexibility index (Phi) is 3.47. The number of carbonyl (C=O) groups excluding carboxylic acids is 1. The van der Waals surface area contributed by atoms with Crippen LogP contribution in [-0.2, 0) is 20.1 Å². The van der Waals surface area contributed by atoms with Crippen LogP contribution in [-0.4, -0.2) is 36.8 Å². The van der Waals surface area contributed by atoms with Crippen molar-refractivity contribution >= 4 is 5.91 Å². The lowest BCUT2D eigenvalue weighted by Crippen LogP contribution is -2.39. The summed E-state index contributed by atoms with van der Waals surface area (Å²) in [4.78, 5) is 14.4. The van der Waals surface area contributed by atoms with Crippen molar-refractivity contribution in [2.45, 2.75) is 26.1 Å². The molecule has 0 fully saturated rings. The fraction of sp³-hybridized carbons (Fsp3) is 0.400. The van der Waals surface area contributed by atoms with Crippen LogP contribution in [0.2, 0.25) is 0 Å². The summed E-state index contributed by atoms with van der Waals surface area (Å²) in [5.41, 5.74) is 2.50. The van der Waals surface area contributed by atoms with Crippen LogP contribution in [0.3, 0.4) is 0 Å². The number of fused-ring (bicyclic) bond motifs is 1. The molecule has 1 aliphatic rings. The van der Waals surface area contributed by atoms with Gasteiger partial charge in [0.25, 0.3) is 5.91 Å². The standard InChI is InChI=1S/C15H17N5O2/c1-10(21)13-6-12-9-19(3-4-20(12)17-13)15(22)14-5-11(7-16)8-18(14)2/h5-6,8,10,21H,3-4,9H2,1-2H3/t10-/m1/s1. The van der Waals surface area contributed by atoms with Crippen molar-refractivity contribution in [2.75, 3.05) is 6.54 Å². The monoisotopic (exact) mass is 299 g/mol. The third kappa shape index (κ3) is 2.38. The van der Waals surface area contributed by atoms with Gasteiger partial charge >= 0.3 is 0 Å². The van der Waals surface area contributed by atoms with Crippen molar-refractivity contribution in [3.8, 4) is 6.07 Å². The van der Waals surface area contributed by atoms with Gasteiger partial charge in [0.2, 0.25) is 0 Å². The Morgan fingerprint density at radius 3 is 2.86 bits per heavy atom. The quantitative estimate of drug-likeness (QED) is 0.888. The van der Waals surface area contributed by atoms with E-state index < -0.39 is 6.10 Å². The Balaban J connectivity index is 1.83. The molecule has 2 aromatic heterocycles. The molecule has 0 aromatic carbocycles. The number of aromatic nitrogens is 3. The Morgan fingerprint density at radius 2 is 2.23 bits per heavy atom. The van der Waals surface area contributed by atoms with Gasteiger partial charge < -0.3 is 14.6 Å². The second-order valence-electron chi connectivity index (χ2n) is 5.52. The lowest BCUT2D eigenvalue weighted by atomic mass is 10.2. The molecule has 22 heavy (non-hydrogen) atoms. The fourth-order valence-corrected chi connectivity index (χ4v) is 2.67. The third-order valence-electron chi connectivity index (χ3n) is 3.89. The minimum atomic E-state index is -0.617. The average Bonchev–Trinajstić information content (AvgIpc) is 3.08. The molecule has 3 heterocycles. The summed E-state index contributed by atoms with van der Waals surface area (Å²) in [6.07, 6.45) is 1.03. The first kappa shape index (κ1) is 14.4. The van der Waals surface area contributed by atoms with Gasteiger partial charge in [-0.2, -0.15) is 10.4 Å². The van der Waals surface area contributed by atoms with E-state index >= 15 is 0 Å². The number of hydrogen-bond donors (Lipinski definition) is 1. The molecule has 0 unspecified atom stereocenters. The van der Waals surface area contributed by atoms with E-state index in [1.807, 2.05) is 16.8 Å². The number of amides is 1. The lowest BCUT2D eigenvalue weighted by Gasteiger charge is -2.27. The molecule has 0 radical (unpaired) electrons. The molecule has 3 rings (SSSR count). The zero-order chi connectivity index (χ0) is 15.9. The highest BCUT2D eigenvalue weighted by Crippen LogP contribution is 2.20. The molecule has 0 spiro atoms. The second-order valence-corrected chi connectivity index (χ2v) is 5.52. The van der Waals surface area contributed by atoms with Crippen LogP contribution in [0, 0.1) is 11.3 Å². The van der Waals surface area contributed by atoms with E-state index in [0.717, 1.165) is 5.69 Å². The molecule has 1 N–H and O–H groups in total. The SMILES string of the molecule is C[C@@H](O)c1cc2n(n1)CCN(C(=O)c1cc(C#N)cn1C)C2. The van der Waals surface area contributed by atoms with E-state index in [1.165, 1.54) is 0 Å². The molecular formula is C15H17N5O2. The highest BCUT2D eigenvalue weighted by Gasteiger charge is 2.25. The van der Waals surface area contributed by atoms with Crippen LogP contribution in [0.4, 0.5) is 0 Å². The lowest BCUT2D eigenvalue weighted by molar-refractivity contribution is 0.0696. The number of rotatable bonds is 2. The second kappa shape index (κ2) is 5.31. The van der Waals surface area contributed by atoms with E-state index in [0.29, 0.717) is 36.6 Å². The highest BCUT2D eigenvalue weighted by molar-refractivity contribution is 5.93. The number of carbonyl (C=O) groups is 1. The predicted molar refractivity (Wildman–Crippen MR) is 77.7 cm³/mol. The maximum Gasteiger partial charge on any atom is 0.270 e. The zero-order valence-corrected chi connectivity index (χ0v) is 12.5. The summed E-state index contributed by atoms with van der Waals surface area (Å²) in [6.45, 7) is 3.28. The molecule has 0 aliphatic carbocycles. The highest BCUT2D eigenvalue weighted by atomic mass is 16.3. The van der Waals surface area contributed by atoms with Crippen molar-refractivity contribution in [2.24, 2.45) is 7.05 Å². The van der Waals surface area contributed by atoms with Crippen molar-refractivity contribution in [1.82, 2.24) is 19.2 Å². The first-order valence-corrected chi connectivity index (χ1v) is 7.10. The van der Waals surface area contributed by atoms with E-state index in [2.05, 4.69) is 5.10 Å². The fourth-order valence-electron chi connectivity index (χ4n) is 2.67. The van der Waals surface area contributed by atoms with E-state index in [-0.39, 0.29) is 5.91 Å². The molecule has 0 saturated carbocycles. The van der Waals surface area contributed by atoms with Crippen LogP contribution in [0.1, 0.15) is 40.5 Å². The average molecular weight is 299 g/mol.